The third-order valence-corrected chi connectivity index (χ3v) is 6.83. The van der Waals surface area contributed by atoms with Gasteiger partial charge < -0.3 is 21.4 Å². The molecule has 0 saturated carbocycles. The van der Waals surface area contributed by atoms with Gasteiger partial charge in [-0.1, -0.05) is 71.7 Å². The molecule has 3 aromatic carbocycles. The van der Waals surface area contributed by atoms with Gasteiger partial charge in [-0.3, -0.25) is 5.10 Å². The molecular weight excluding hydrogens is 509 g/mol. The summed E-state index contributed by atoms with van der Waals surface area (Å²) in [5.74, 6) is 0.975. The van der Waals surface area contributed by atoms with Gasteiger partial charge in [0.25, 0.3) is 0 Å². The normalized spacial score (nSPS) is 12.0. The number of nitrogens with two attached hydrogens (primary N) is 1. The minimum absolute atomic E-state index is 0.332. The third kappa shape index (κ3) is 5.55. The van der Waals surface area contributed by atoms with Gasteiger partial charge in [-0.15, -0.1) is 0 Å². The van der Waals surface area contributed by atoms with Crippen LogP contribution in [-0.2, 0) is 13.0 Å². The summed E-state index contributed by atoms with van der Waals surface area (Å²) in [7, 11) is 0. The molecule has 2 amide bonds. The van der Waals surface area contributed by atoms with Crippen molar-refractivity contribution in [3.8, 4) is 11.3 Å². The Bertz CT molecular complexity index is 1560. The first-order valence-corrected chi connectivity index (χ1v) is 12.5. The van der Waals surface area contributed by atoms with Crippen molar-refractivity contribution in [1.29, 1.82) is 0 Å². The van der Waals surface area contributed by atoms with E-state index in [1.165, 1.54) is 0 Å². The molecule has 2 aromatic heterocycles. The smallest absolute Gasteiger partial charge is 0.315 e. The number of anilines is 1. The number of aromatic nitrogens is 4. The molecule has 0 saturated heterocycles. The van der Waals surface area contributed by atoms with Crippen LogP contribution in [0.4, 0.5) is 10.6 Å². The minimum atomic E-state index is -0.457. The van der Waals surface area contributed by atoms with Gasteiger partial charge in [-0.05, 0) is 48.2 Å². The molecule has 6 N–H and O–H groups in total. The standard InChI is InChI=1S/C27H25Cl2N7O/c1-15-7-8-17(11-20(15)28)14-31-27(37)32-22(12-16-5-3-2-4-6-16)26-33-23(24(29)34-26)18-9-10-19-21(13-18)35-36-25(19)30/h2-11,13,22H,12,14H2,1H3,(H,33,34)(H3,30,35,36)(H2,31,32,37)/t22-/m0/s1. The molecule has 0 aliphatic rings. The second kappa shape index (κ2) is 10.5. The first kappa shape index (κ1) is 24.7. The molecule has 5 rings (SSSR count). The lowest BCUT2D eigenvalue weighted by molar-refractivity contribution is 0.236. The van der Waals surface area contributed by atoms with E-state index in [4.69, 9.17) is 33.9 Å². The van der Waals surface area contributed by atoms with Crippen molar-refractivity contribution in [1.82, 2.24) is 30.8 Å². The lowest BCUT2D eigenvalue weighted by atomic mass is 10.1. The van der Waals surface area contributed by atoms with Crippen molar-refractivity contribution in [2.24, 2.45) is 0 Å². The summed E-state index contributed by atoms with van der Waals surface area (Å²) in [5, 5.41) is 14.7. The lowest BCUT2D eigenvalue weighted by Gasteiger charge is -2.18. The number of urea groups is 1. The Balaban J connectivity index is 1.38. The van der Waals surface area contributed by atoms with Crippen molar-refractivity contribution < 1.29 is 4.79 Å². The molecule has 0 unspecified atom stereocenters. The molecule has 1 atom stereocenters. The lowest BCUT2D eigenvalue weighted by Crippen LogP contribution is -2.38. The largest absolute Gasteiger partial charge is 0.382 e. The van der Waals surface area contributed by atoms with Crippen molar-refractivity contribution in [3.63, 3.8) is 0 Å². The summed E-state index contributed by atoms with van der Waals surface area (Å²) in [5.41, 5.74) is 11.0. The zero-order valence-corrected chi connectivity index (χ0v) is 21.5. The molecule has 37 heavy (non-hydrogen) atoms. The van der Waals surface area contributed by atoms with E-state index in [1.54, 1.807) is 0 Å². The molecule has 10 heteroatoms. The van der Waals surface area contributed by atoms with E-state index < -0.39 is 6.04 Å². The van der Waals surface area contributed by atoms with E-state index >= 15 is 0 Å². The molecule has 5 aromatic rings. The molecule has 188 valence electrons. The van der Waals surface area contributed by atoms with Crippen LogP contribution < -0.4 is 16.4 Å². The fourth-order valence-electron chi connectivity index (χ4n) is 4.12. The van der Waals surface area contributed by atoms with Crippen LogP contribution in [0, 0.1) is 6.92 Å². The van der Waals surface area contributed by atoms with Crippen LogP contribution in [0.1, 0.15) is 28.6 Å². The molecule has 0 aliphatic carbocycles. The van der Waals surface area contributed by atoms with Crippen LogP contribution in [0.2, 0.25) is 10.2 Å². The Kier molecular flexibility index (Phi) is 7.03. The Morgan fingerprint density at radius 1 is 1.05 bits per heavy atom. The Morgan fingerprint density at radius 3 is 2.65 bits per heavy atom. The van der Waals surface area contributed by atoms with E-state index in [0.717, 1.165) is 33.2 Å². The summed E-state index contributed by atoms with van der Waals surface area (Å²) in [6, 6.07) is 20.4. The molecule has 8 nitrogen and oxygen atoms in total. The van der Waals surface area contributed by atoms with E-state index in [2.05, 4.69) is 25.8 Å². The number of aryl methyl sites for hydroxylation is 1. The van der Waals surface area contributed by atoms with Crippen LogP contribution in [0.3, 0.4) is 0 Å². The highest BCUT2D eigenvalue weighted by atomic mass is 35.5. The fourth-order valence-corrected chi connectivity index (χ4v) is 4.57. The number of halogens is 2. The second-order valence-electron chi connectivity index (χ2n) is 8.81. The maximum atomic E-state index is 12.9. The predicted octanol–water partition coefficient (Wildman–Crippen LogP) is 5.93. The number of hydrogen-bond acceptors (Lipinski definition) is 4. The van der Waals surface area contributed by atoms with Gasteiger partial charge >= 0.3 is 6.03 Å². The first-order valence-electron chi connectivity index (χ1n) is 11.7. The Hall–Kier alpha value is -4.01. The van der Waals surface area contributed by atoms with Gasteiger partial charge in [0.15, 0.2) is 5.82 Å². The Morgan fingerprint density at radius 2 is 1.86 bits per heavy atom. The van der Waals surface area contributed by atoms with Gasteiger partial charge in [0.05, 0.1) is 11.6 Å². The van der Waals surface area contributed by atoms with Crippen LogP contribution >= 0.6 is 23.2 Å². The number of carbonyl (C=O) groups is 1. The number of fused-ring (bicyclic) bond motifs is 1. The zero-order valence-electron chi connectivity index (χ0n) is 20.0. The van der Waals surface area contributed by atoms with E-state index in [9.17, 15) is 4.79 Å². The van der Waals surface area contributed by atoms with Crippen LogP contribution in [0.5, 0.6) is 0 Å². The van der Waals surface area contributed by atoms with E-state index in [-0.39, 0.29) is 6.03 Å². The number of carbonyl (C=O) groups excluding carboxylic acids is 1. The quantitative estimate of drug-likeness (QED) is 0.177. The Labute approximate surface area is 223 Å². The van der Waals surface area contributed by atoms with Crippen LogP contribution in [0.15, 0.2) is 66.7 Å². The minimum Gasteiger partial charge on any atom is -0.382 e. The summed E-state index contributed by atoms with van der Waals surface area (Å²) in [4.78, 5) is 20.8. The SMILES string of the molecule is Cc1ccc(CNC(=O)N[C@@H](Cc2ccccc2)c2nc(-c3ccc4c(N)n[nH]c4c3)c(Cl)[nH]2)cc1Cl. The summed E-state index contributed by atoms with van der Waals surface area (Å²) >= 11 is 12.8. The number of hydrogen-bond donors (Lipinski definition) is 5. The molecule has 0 fully saturated rings. The van der Waals surface area contributed by atoms with E-state index in [1.807, 2.05) is 73.7 Å². The number of H-pyrrole nitrogens is 2. The maximum Gasteiger partial charge on any atom is 0.315 e. The molecular formula is C27H25Cl2N7O. The topological polar surface area (TPSA) is 125 Å². The van der Waals surface area contributed by atoms with Crippen molar-refractivity contribution in [2.75, 3.05) is 5.73 Å². The number of nitrogen functional groups attached to an aromatic ring is 1. The number of amides is 2. The zero-order chi connectivity index (χ0) is 25.9. The highest BCUT2D eigenvalue weighted by Crippen LogP contribution is 2.31. The van der Waals surface area contributed by atoms with Gasteiger partial charge in [-0.25, -0.2) is 9.78 Å². The average Bonchev–Trinajstić information content (AvgIpc) is 3.47. The van der Waals surface area contributed by atoms with Gasteiger partial charge in [-0.2, -0.15) is 5.10 Å². The number of nitrogens with zero attached hydrogens (tertiary/aromatic N) is 2. The summed E-state index contributed by atoms with van der Waals surface area (Å²) in [6.45, 7) is 2.27. The van der Waals surface area contributed by atoms with E-state index in [0.29, 0.717) is 40.5 Å². The fraction of sp³-hybridized carbons (Fsp3) is 0.148. The highest BCUT2D eigenvalue weighted by molar-refractivity contribution is 6.32. The second-order valence-corrected chi connectivity index (χ2v) is 9.59. The number of benzene rings is 3. The number of aromatic amines is 2. The summed E-state index contributed by atoms with van der Waals surface area (Å²) < 4.78 is 0. The molecule has 0 aliphatic heterocycles. The first-order chi connectivity index (χ1) is 17.9. The highest BCUT2D eigenvalue weighted by Gasteiger charge is 2.22. The molecule has 2 heterocycles. The van der Waals surface area contributed by atoms with Crippen molar-refractivity contribution in [3.05, 3.63) is 99.4 Å². The van der Waals surface area contributed by atoms with Crippen molar-refractivity contribution in [2.45, 2.75) is 25.9 Å². The predicted molar refractivity (Wildman–Crippen MR) is 148 cm³/mol. The number of rotatable bonds is 7. The van der Waals surface area contributed by atoms with Gasteiger partial charge in [0.2, 0.25) is 0 Å². The monoisotopic (exact) mass is 533 g/mol. The van der Waals surface area contributed by atoms with Crippen LogP contribution in [-0.4, -0.2) is 26.2 Å². The molecule has 0 radical (unpaired) electrons. The average molecular weight is 534 g/mol. The van der Waals surface area contributed by atoms with Gasteiger partial charge in [0.1, 0.15) is 16.7 Å². The summed E-state index contributed by atoms with van der Waals surface area (Å²) in [6.07, 6.45) is 0.518. The van der Waals surface area contributed by atoms with Crippen LogP contribution in [0.25, 0.3) is 22.2 Å². The molecule has 0 bridgehead atoms. The van der Waals surface area contributed by atoms with Gasteiger partial charge in [0, 0.05) is 22.5 Å². The maximum absolute atomic E-state index is 12.9. The third-order valence-electron chi connectivity index (χ3n) is 6.15. The van der Waals surface area contributed by atoms with Crippen molar-refractivity contribution >= 4 is 46.0 Å². The number of imidazole rings is 1. The number of nitrogens with one attached hydrogen (secondary N) is 4. The molecule has 0 spiro atoms.